The largest absolute Gasteiger partial charge is 0.496 e. The van der Waals surface area contributed by atoms with E-state index >= 15 is 0 Å². The molecule has 0 fully saturated rings. The van der Waals surface area contributed by atoms with Gasteiger partial charge in [0.25, 0.3) is 0 Å². The van der Waals surface area contributed by atoms with E-state index in [1.165, 1.54) is 6.07 Å². The van der Waals surface area contributed by atoms with Gasteiger partial charge in [-0.25, -0.2) is 4.39 Å². The molecule has 1 unspecified atom stereocenters. The quantitative estimate of drug-likeness (QED) is 0.904. The van der Waals surface area contributed by atoms with Crippen LogP contribution < -0.4 is 4.74 Å². The molecule has 0 aliphatic rings. The molecule has 2 nitrogen and oxygen atoms in total. The highest BCUT2D eigenvalue weighted by Crippen LogP contribution is 2.31. The van der Waals surface area contributed by atoms with Gasteiger partial charge in [0.15, 0.2) is 0 Å². The van der Waals surface area contributed by atoms with Crippen LogP contribution in [0.3, 0.4) is 0 Å². The number of rotatable bonds is 3. The second kappa shape index (κ2) is 5.94. The molecule has 2 rings (SSSR count). The topological polar surface area (TPSA) is 29.5 Å². The van der Waals surface area contributed by atoms with E-state index in [0.29, 0.717) is 10.0 Å². The molecule has 0 amide bonds. The third-order valence-corrected chi connectivity index (χ3v) is 3.95. The molecular formula is C16H16BrFO2. The predicted octanol–water partition coefficient (Wildman–Crippen LogP) is 4.30. The van der Waals surface area contributed by atoms with Gasteiger partial charge in [0.05, 0.1) is 11.6 Å². The van der Waals surface area contributed by atoms with Crippen molar-refractivity contribution in [2.45, 2.75) is 20.0 Å². The molecule has 1 atom stereocenters. The van der Waals surface area contributed by atoms with Crippen molar-refractivity contribution in [1.82, 2.24) is 0 Å². The van der Waals surface area contributed by atoms with Crippen LogP contribution in [0, 0.1) is 19.7 Å². The summed E-state index contributed by atoms with van der Waals surface area (Å²) in [7, 11) is 1.62. The van der Waals surface area contributed by atoms with Gasteiger partial charge in [-0.3, -0.25) is 0 Å². The van der Waals surface area contributed by atoms with Gasteiger partial charge < -0.3 is 9.84 Å². The number of aryl methyl sites for hydroxylation is 2. The van der Waals surface area contributed by atoms with Crippen molar-refractivity contribution in [2.24, 2.45) is 0 Å². The molecule has 0 radical (unpaired) electrons. The third kappa shape index (κ3) is 2.86. The highest BCUT2D eigenvalue weighted by atomic mass is 79.9. The number of benzene rings is 2. The molecule has 0 aromatic heterocycles. The van der Waals surface area contributed by atoms with Crippen LogP contribution in [0.5, 0.6) is 5.75 Å². The third-order valence-electron chi connectivity index (χ3n) is 3.34. The van der Waals surface area contributed by atoms with Gasteiger partial charge in [-0.15, -0.1) is 0 Å². The van der Waals surface area contributed by atoms with E-state index in [4.69, 9.17) is 4.74 Å². The average Bonchev–Trinajstić information content (AvgIpc) is 2.43. The zero-order valence-corrected chi connectivity index (χ0v) is 13.2. The molecule has 20 heavy (non-hydrogen) atoms. The first kappa shape index (κ1) is 15.0. The molecule has 2 aromatic rings. The molecule has 0 saturated carbocycles. The molecule has 1 N–H and O–H groups in total. The monoisotopic (exact) mass is 338 g/mol. The minimum Gasteiger partial charge on any atom is -0.496 e. The summed E-state index contributed by atoms with van der Waals surface area (Å²) < 4.78 is 18.9. The van der Waals surface area contributed by atoms with Crippen LogP contribution in [0.25, 0.3) is 0 Å². The lowest BCUT2D eigenvalue weighted by molar-refractivity contribution is 0.219. The van der Waals surface area contributed by atoms with Gasteiger partial charge in [-0.05, 0) is 76.3 Å². The Morgan fingerprint density at radius 3 is 2.45 bits per heavy atom. The summed E-state index contributed by atoms with van der Waals surface area (Å²) in [6.07, 6.45) is -0.795. The van der Waals surface area contributed by atoms with E-state index in [1.807, 2.05) is 26.0 Å². The van der Waals surface area contributed by atoms with Crippen LogP contribution >= 0.6 is 15.9 Å². The lowest BCUT2D eigenvalue weighted by atomic mass is 9.95. The van der Waals surface area contributed by atoms with Crippen molar-refractivity contribution in [3.8, 4) is 5.75 Å². The van der Waals surface area contributed by atoms with Crippen LogP contribution in [0.4, 0.5) is 4.39 Å². The molecule has 0 saturated heterocycles. The fourth-order valence-corrected chi connectivity index (χ4v) is 2.59. The molecule has 0 heterocycles. The molecule has 0 aliphatic carbocycles. The smallest absolute Gasteiger partial charge is 0.137 e. The number of hydrogen-bond acceptors (Lipinski definition) is 2. The highest BCUT2D eigenvalue weighted by molar-refractivity contribution is 9.10. The SMILES string of the molecule is COc1cc(C)c(C(O)c2ccc(F)c(Br)c2)cc1C. The number of halogens is 2. The first-order chi connectivity index (χ1) is 9.43. The van der Waals surface area contributed by atoms with E-state index in [9.17, 15) is 9.50 Å². The number of hydrogen-bond donors (Lipinski definition) is 1. The lowest BCUT2D eigenvalue weighted by Gasteiger charge is -2.17. The van der Waals surface area contributed by atoms with Crippen LogP contribution in [0.1, 0.15) is 28.4 Å². The zero-order valence-electron chi connectivity index (χ0n) is 11.6. The summed E-state index contributed by atoms with van der Waals surface area (Å²) in [5, 5.41) is 10.5. The molecule has 106 valence electrons. The van der Waals surface area contributed by atoms with Gasteiger partial charge in [0, 0.05) is 0 Å². The fourth-order valence-electron chi connectivity index (χ4n) is 2.19. The Balaban J connectivity index is 2.45. The van der Waals surface area contributed by atoms with Gasteiger partial charge in [-0.2, -0.15) is 0 Å². The lowest BCUT2D eigenvalue weighted by Crippen LogP contribution is -2.04. The van der Waals surface area contributed by atoms with Crippen molar-refractivity contribution in [3.05, 3.63) is 62.9 Å². The number of aliphatic hydroxyl groups excluding tert-OH is 1. The maximum absolute atomic E-state index is 13.3. The molecular weight excluding hydrogens is 323 g/mol. The number of aliphatic hydroxyl groups is 1. The summed E-state index contributed by atoms with van der Waals surface area (Å²) in [5.74, 6) is 0.447. The van der Waals surface area contributed by atoms with E-state index < -0.39 is 6.10 Å². The molecule has 0 aliphatic heterocycles. The van der Waals surface area contributed by atoms with E-state index in [-0.39, 0.29) is 5.82 Å². The van der Waals surface area contributed by atoms with Crippen LogP contribution in [0.15, 0.2) is 34.8 Å². The summed E-state index contributed by atoms with van der Waals surface area (Å²) in [6.45, 7) is 3.84. The Kier molecular flexibility index (Phi) is 4.45. The maximum atomic E-state index is 13.3. The summed E-state index contributed by atoms with van der Waals surface area (Å²) in [4.78, 5) is 0. The second-order valence-corrected chi connectivity index (χ2v) is 5.61. The Bertz CT molecular complexity index is 641. The Morgan fingerprint density at radius 2 is 1.85 bits per heavy atom. The van der Waals surface area contributed by atoms with Crippen LogP contribution in [0.2, 0.25) is 0 Å². The van der Waals surface area contributed by atoms with Crippen molar-refractivity contribution < 1.29 is 14.2 Å². The van der Waals surface area contributed by atoms with Gasteiger partial charge in [0.2, 0.25) is 0 Å². The number of ether oxygens (including phenoxy) is 1. The Morgan fingerprint density at radius 1 is 1.15 bits per heavy atom. The summed E-state index contributed by atoms with van der Waals surface area (Å²) in [6, 6.07) is 8.32. The van der Waals surface area contributed by atoms with Crippen molar-refractivity contribution in [2.75, 3.05) is 7.11 Å². The van der Waals surface area contributed by atoms with Crippen LogP contribution in [-0.2, 0) is 0 Å². The van der Waals surface area contributed by atoms with Crippen molar-refractivity contribution in [3.63, 3.8) is 0 Å². The van der Waals surface area contributed by atoms with E-state index in [1.54, 1.807) is 19.2 Å². The molecule has 4 heteroatoms. The minimum atomic E-state index is -0.795. The van der Waals surface area contributed by atoms with Crippen molar-refractivity contribution in [1.29, 1.82) is 0 Å². The fraction of sp³-hybridized carbons (Fsp3) is 0.250. The zero-order chi connectivity index (χ0) is 14.9. The summed E-state index contributed by atoms with van der Waals surface area (Å²) in [5.41, 5.74) is 3.32. The Hall–Kier alpha value is -1.39. The maximum Gasteiger partial charge on any atom is 0.137 e. The average molecular weight is 339 g/mol. The first-order valence-corrected chi connectivity index (χ1v) is 7.01. The van der Waals surface area contributed by atoms with E-state index in [0.717, 1.165) is 22.4 Å². The normalized spacial score (nSPS) is 12.3. The van der Waals surface area contributed by atoms with Crippen LogP contribution in [-0.4, -0.2) is 12.2 Å². The van der Waals surface area contributed by atoms with Gasteiger partial charge in [0.1, 0.15) is 17.7 Å². The van der Waals surface area contributed by atoms with Crippen molar-refractivity contribution >= 4 is 15.9 Å². The van der Waals surface area contributed by atoms with Gasteiger partial charge >= 0.3 is 0 Å². The minimum absolute atomic E-state index is 0.344. The molecule has 0 spiro atoms. The highest BCUT2D eigenvalue weighted by Gasteiger charge is 2.16. The Labute approximate surface area is 126 Å². The molecule has 2 aromatic carbocycles. The van der Waals surface area contributed by atoms with Gasteiger partial charge in [-0.1, -0.05) is 6.07 Å². The summed E-state index contributed by atoms with van der Waals surface area (Å²) >= 11 is 3.14. The standard InChI is InChI=1S/C16H16BrFO2/c1-9-7-15(20-3)10(2)6-12(9)16(19)11-4-5-14(18)13(17)8-11/h4-8,16,19H,1-3H3. The number of methoxy groups -OCH3 is 1. The van der Waals surface area contributed by atoms with E-state index in [2.05, 4.69) is 15.9 Å². The second-order valence-electron chi connectivity index (χ2n) is 4.75. The predicted molar refractivity (Wildman–Crippen MR) is 80.6 cm³/mol. The molecule has 0 bridgehead atoms. The first-order valence-electron chi connectivity index (χ1n) is 6.22.